The minimum atomic E-state index is -0.191. The summed E-state index contributed by atoms with van der Waals surface area (Å²) in [6.45, 7) is 3.51. The van der Waals surface area contributed by atoms with Gasteiger partial charge in [-0.3, -0.25) is 4.79 Å². The van der Waals surface area contributed by atoms with Gasteiger partial charge in [-0.2, -0.15) is 0 Å². The van der Waals surface area contributed by atoms with E-state index in [1.54, 1.807) is 25.1 Å². The molecular formula is C18H19N3O3. The Hall–Kier alpha value is -2.76. The highest BCUT2D eigenvalue weighted by Gasteiger charge is 2.22. The fraction of sp³-hybridized carbons (Fsp3) is 0.333. The standard InChI is InChI=1S/C18H19N3O3/c1-12-10-17-19-16(11-18(23)21(17)24-12)20-8-6-14(7-9-20)13-2-4-15(22)5-3-13/h2-5,10-11,14,22H,6-9H2,1H3. The molecule has 1 aliphatic heterocycles. The van der Waals surface area contributed by atoms with Crippen molar-refractivity contribution in [3.63, 3.8) is 0 Å². The molecule has 0 amide bonds. The average molecular weight is 325 g/mol. The molecule has 24 heavy (non-hydrogen) atoms. The molecule has 0 radical (unpaired) electrons. The molecule has 0 spiro atoms. The zero-order valence-corrected chi connectivity index (χ0v) is 13.5. The smallest absolute Gasteiger partial charge is 0.289 e. The predicted octanol–water partition coefficient (Wildman–Crippen LogP) is 2.69. The van der Waals surface area contributed by atoms with E-state index >= 15 is 0 Å². The summed E-state index contributed by atoms with van der Waals surface area (Å²) in [4.78, 5) is 18.9. The van der Waals surface area contributed by atoms with Gasteiger partial charge < -0.3 is 14.5 Å². The third-order valence-electron chi connectivity index (χ3n) is 4.64. The third kappa shape index (κ3) is 2.64. The maximum absolute atomic E-state index is 12.2. The lowest BCUT2D eigenvalue weighted by atomic mass is 9.89. The molecule has 1 fully saturated rings. The van der Waals surface area contributed by atoms with Gasteiger partial charge in [-0.25, -0.2) is 4.98 Å². The summed E-state index contributed by atoms with van der Waals surface area (Å²) in [5.41, 5.74) is 1.61. The van der Waals surface area contributed by atoms with Crippen molar-refractivity contribution in [1.82, 2.24) is 9.56 Å². The molecule has 4 rings (SSSR count). The van der Waals surface area contributed by atoms with Crippen LogP contribution in [-0.4, -0.2) is 27.8 Å². The van der Waals surface area contributed by atoms with E-state index in [0.29, 0.717) is 28.9 Å². The molecule has 0 aliphatic carbocycles. The van der Waals surface area contributed by atoms with Crippen LogP contribution in [0.25, 0.3) is 5.65 Å². The van der Waals surface area contributed by atoms with Gasteiger partial charge in [-0.1, -0.05) is 12.1 Å². The van der Waals surface area contributed by atoms with Gasteiger partial charge in [-0.05, 0) is 43.4 Å². The Morgan fingerprint density at radius 3 is 2.58 bits per heavy atom. The van der Waals surface area contributed by atoms with Crippen molar-refractivity contribution in [3.8, 4) is 5.75 Å². The van der Waals surface area contributed by atoms with Crippen molar-refractivity contribution >= 4 is 11.5 Å². The Bertz CT molecular complexity index is 919. The molecule has 1 aromatic carbocycles. The van der Waals surface area contributed by atoms with Crippen LogP contribution in [0.4, 0.5) is 5.82 Å². The van der Waals surface area contributed by atoms with Gasteiger partial charge in [-0.15, -0.1) is 4.57 Å². The van der Waals surface area contributed by atoms with Crippen molar-refractivity contribution in [1.29, 1.82) is 0 Å². The monoisotopic (exact) mass is 325 g/mol. The van der Waals surface area contributed by atoms with E-state index in [1.807, 2.05) is 12.1 Å². The highest BCUT2D eigenvalue weighted by molar-refractivity contribution is 5.48. The minimum absolute atomic E-state index is 0.191. The van der Waals surface area contributed by atoms with Crippen LogP contribution in [0.15, 0.2) is 45.7 Å². The van der Waals surface area contributed by atoms with E-state index in [4.69, 9.17) is 4.52 Å². The second-order valence-electron chi connectivity index (χ2n) is 6.30. The molecular weight excluding hydrogens is 306 g/mol. The number of anilines is 1. The number of fused-ring (bicyclic) bond motifs is 1. The van der Waals surface area contributed by atoms with Crippen LogP contribution in [0.5, 0.6) is 5.75 Å². The molecule has 6 heteroatoms. The van der Waals surface area contributed by atoms with Crippen LogP contribution >= 0.6 is 0 Å². The van der Waals surface area contributed by atoms with Gasteiger partial charge in [0.05, 0.1) is 0 Å². The number of nitrogens with zero attached hydrogens (tertiary/aromatic N) is 3. The first-order valence-corrected chi connectivity index (χ1v) is 8.15. The minimum Gasteiger partial charge on any atom is -0.508 e. The number of benzene rings is 1. The van der Waals surface area contributed by atoms with Crippen molar-refractivity contribution in [3.05, 3.63) is 58.1 Å². The van der Waals surface area contributed by atoms with Crippen molar-refractivity contribution in [2.45, 2.75) is 25.7 Å². The van der Waals surface area contributed by atoms with Crippen molar-refractivity contribution < 1.29 is 9.63 Å². The largest absolute Gasteiger partial charge is 0.508 e. The van der Waals surface area contributed by atoms with E-state index in [9.17, 15) is 9.90 Å². The fourth-order valence-electron chi connectivity index (χ4n) is 3.36. The fourth-order valence-corrected chi connectivity index (χ4v) is 3.36. The first-order valence-electron chi connectivity index (χ1n) is 8.15. The summed E-state index contributed by atoms with van der Waals surface area (Å²) >= 11 is 0. The van der Waals surface area contributed by atoms with Gasteiger partial charge in [0.1, 0.15) is 17.3 Å². The molecule has 0 atom stereocenters. The van der Waals surface area contributed by atoms with E-state index < -0.39 is 0 Å². The Morgan fingerprint density at radius 1 is 1.17 bits per heavy atom. The lowest BCUT2D eigenvalue weighted by molar-refractivity contribution is 0.345. The summed E-state index contributed by atoms with van der Waals surface area (Å²) in [6.07, 6.45) is 1.99. The number of rotatable bonds is 2. The van der Waals surface area contributed by atoms with E-state index in [1.165, 1.54) is 16.2 Å². The molecule has 1 aliphatic rings. The molecule has 124 valence electrons. The molecule has 1 saturated heterocycles. The molecule has 3 aromatic rings. The van der Waals surface area contributed by atoms with Crippen LogP contribution in [-0.2, 0) is 0 Å². The normalized spacial score (nSPS) is 16.0. The molecule has 2 aromatic heterocycles. The van der Waals surface area contributed by atoms with E-state index in [0.717, 1.165) is 25.9 Å². The van der Waals surface area contributed by atoms with Gasteiger partial charge in [0.25, 0.3) is 5.56 Å². The first kappa shape index (κ1) is 14.8. The van der Waals surface area contributed by atoms with Crippen LogP contribution < -0.4 is 10.5 Å². The van der Waals surface area contributed by atoms with Crippen molar-refractivity contribution in [2.75, 3.05) is 18.0 Å². The molecule has 3 heterocycles. The summed E-state index contributed by atoms with van der Waals surface area (Å²) in [5, 5.41) is 9.40. The summed E-state index contributed by atoms with van der Waals surface area (Å²) in [5.74, 6) is 2.15. The topological polar surface area (TPSA) is 71.0 Å². The number of phenols is 1. The lowest BCUT2D eigenvalue weighted by Crippen LogP contribution is -2.34. The van der Waals surface area contributed by atoms with Gasteiger partial charge in [0.15, 0.2) is 5.65 Å². The summed E-state index contributed by atoms with van der Waals surface area (Å²) in [7, 11) is 0. The highest BCUT2D eigenvalue weighted by Crippen LogP contribution is 2.30. The predicted molar refractivity (Wildman–Crippen MR) is 90.8 cm³/mol. The van der Waals surface area contributed by atoms with Crippen LogP contribution in [0, 0.1) is 6.92 Å². The Morgan fingerprint density at radius 2 is 1.88 bits per heavy atom. The van der Waals surface area contributed by atoms with E-state index in [-0.39, 0.29) is 5.56 Å². The molecule has 0 bridgehead atoms. The average Bonchev–Trinajstić information content (AvgIpc) is 2.97. The highest BCUT2D eigenvalue weighted by atomic mass is 16.5. The Labute approximate surface area is 138 Å². The quantitative estimate of drug-likeness (QED) is 0.784. The maximum Gasteiger partial charge on any atom is 0.289 e. The number of phenolic OH excluding ortho intramolecular Hbond substituents is 1. The number of aryl methyl sites for hydroxylation is 1. The maximum atomic E-state index is 12.2. The van der Waals surface area contributed by atoms with Crippen LogP contribution in [0.3, 0.4) is 0 Å². The Balaban J connectivity index is 1.53. The zero-order valence-electron chi connectivity index (χ0n) is 13.5. The number of hydrogen-bond donors (Lipinski definition) is 1. The van der Waals surface area contributed by atoms with Gasteiger partial charge in [0.2, 0.25) is 0 Å². The summed E-state index contributed by atoms with van der Waals surface area (Å²) < 4.78 is 6.55. The van der Waals surface area contributed by atoms with E-state index in [2.05, 4.69) is 9.88 Å². The zero-order chi connectivity index (χ0) is 16.7. The van der Waals surface area contributed by atoms with Gasteiger partial charge in [0, 0.05) is 25.2 Å². The second-order valence-corrected chi connectivity index (χ2v) is 6.30. The third-order valence-corrected chi connectivity index (χ3v) is 4.64. The molecule has 6 nitrogen and oxygen atoms in total. The molecule has 0 unspecified atom stereocenters. The second kappa shape index (κ2) is 5.70. The molecule has 0 saturated carbocycles. The SMILES string of the molecule is Cc1cc2nc(N3CCC(c4ccc(O)cc4)CC3)cc(=O)n2o1. The number of aromatic hydroxyl groups is 1. The van der Waals surface area contributed by atoms with Crippen LogP contribution in [0.2, 0.25) is 0 Å². The van der Waals surface area contributed by atoms with Crippen molar-refractivity contribution in [2.24, 2.45) is 0 Å². The van der Waals surface area contributed by atoms with Crippen LogP contribution in [0.1, 0.15) is 30.1 Å². The van der Waals surface area contributed by atoms with Gasteiger partial charge >= 0.3 is 0 Å². The number of hydrogen-bond acceptors (Lipinski definition) is 5. The molecule has 1 N–H and O–H groups in total. The number of aromatic nitrogens is 2. The number of piperidine rings is 1. The lowest BCUT2D eigenvalue weighted by Gasteiger charge is -2.32. The first-order chi connectivity index (χ1) is 11.6. The summed E-state index contributed by atoms with van der Waals surface area (Å²) in [6, 6.07) is 10.8. The Kier molecular flexibility index (Phi) is 3.52.